The first-order chi connectivity index (χ1) is 20.3. The van der Waals surface area contributed by atoms with Crippen LogP contribution >= 0.6 is 0 Å². The minimum atomic E-state index is -0.571. The Kier molecular flexibility index (Phi) is 7.24. The van der Waals surface area contributed by atoms with Gasteiger partial charge in [-0.1, -0.05) is 42.8 Å². The lowest BCUT2D eigenvalue weighted by Gasteiger charge is -2.26. The third-order valence-corrected chi connectivity index (χ3v) is 7.46. The van der Waals surface area contributed by atoms with E-state index < -0.39 is 16.9 Å². The Labute approximate surface area is 240 Å². The normalized spacial score (nSPS) is 17.0. The van der Waals surface area contributed by atoms with E-state index in [0.717, 1.165) is 25.2 Å². The second-order valence-corrected chi connectivity index (χ2v) is 10.4. The zero-order valence-corrected chi connectivity index (χ0v) is 22.6. The first-order valence-electron chi connectivity index (χ1n) is 13.7. The van der Waals surface area contributed by atoms with Crippen LogP contribution in [0.5, 0.6) is 5.88 Å². The number of aromatic nitrogens is 1. The van der Waals surface area contributed by atoms with Crippen LogP contribution in [0.3, 0.4) is 0 Å². The van der Waals surface area contributed by atoms with Crippen molar-refractivity contribution in [2.45, 2.75) is 25.8 Å². The number of hydrogen-bond acceptors (Lipinski definition) is 7. The highest BCUT2D eigenvalue weighted by Crippen LogP contribution is 2.34. The van der Waals surface area contributed by atoms with Gasteiger partial charge in [-0.15, -0.1) is 0 Å². The highest BCUT2D eigenvalue weighted by atomic mass is 16.6. The average Bonchev–Trinajstić information content (AvgIpc) is 3.49. The topological polar surface area (TPSA) is 153 Å². The number of benzene rings is 3. The van der Waals surface area contributed by atoms with Gasteiger partial charge in [0.15, 0.2) is 5.88 Å². The number of imide groups is 1. The molecule has 0 spiro atoms. The lowest BCUT2D eigenvalue weighted by atomic mass is 9.99. The molecule has 0 aliphatic carbocycles. The number of non-ortho nitro benzene ring substituents is 1. The molecule has 0 atom stereocenters. The van der Waals surface area contributed by atoms with Crippen LogP contribution in [0.15, 0.2) is 77.4 Å². The van der Waals surface area contributed by atoms with Crippen LogP contribution in [0.1, 0.15) is 41.5 Å². The van der Waals surface area contributed by atoms with E-state index >= 15 is 0 Å². The van der Waals surface area contributed by atoms with Crippen molar-refractivity contribution in [3.63, 3.8) is 0 Å². The van der Waals surface area contributed by atoms with Crippen molar-refractivity contribution in [2.24, 2.45) is 4.99 Å². The fourth-order valence-electron chi connectivity index (χ4n) is 5.35. The molecule has 0 saturated carbocycles. The first-order valence-corrected chi connectivity index (χ1v) is 13.7. The van der Waals surface area contributed by atoms with E-state index in [1.807, 2.05) is 24.3 Å². The summed E-state index contributed by atoms with van der Waals surface area (Å²) in [7, 11) is 0. The summed E-state index contributed by atoms with van der Waals surface area (Å²) in [6.45, 7) is 3.02. The van der Waals surface area contributed by atoms with E-state index in [4.69, 9.17) is 4.99 Å². The minimum absolute atomic E-state index is 0.0978. The number of amides is 3. The van der Waals surface area contributed by atoms with E-state index in [0.29, 0.717) is 33.4 Å². The van der Waals surface area contributed by atoms with Gasteiger partial charge in [-0.05, 0) is 61.3 Å². The number of aromatic hydroxyl groups is 1. The van der Waals surface area contributed by atoms with Gasteiger partial charge in [0.25, 0.3) is 11.6 Å². The molecule has 1 aromatic heterocycles. The molecule has 2 fully saturated rings. The SMILES string of the molecule is O=C1NC(=O)C(=Cc2ccc(N=C(c3ccc(CN4CCCCC4)cc3)c3c(O)[nH]c4ccc([N+](=O)[O-])cc34)cc2)N1. The third-order valence-electron chi connectivity index (χ3n) is 7.46. The average molecular weight is 565 g/mol. The summed E-state index contributed by atoms with van der Waals surface area (Å²) in [6, 6.07) is 18.8. The Morgan fingerprint density at radius 2 is 1.71 bits per heavy atom. The zero-order chi connectivity index (χ0) is 29.2. The van der Waals surface area contributed by atoms with Crippen LogP contribution in [-0.2, 0) is 11.3 Å². The second kappa shape index (κ2) is 11.3. The van der Waals surface area contributed by atoms with Gasteiger partial charge < -0.3 is 15.4 Å². The fraction of sp³-hybridized carbons (Fsp3) is 0.194. The number of aromatic amines is 1. The molecule has 6 rings (SSSR count). The number of carbonyl (C=O) groups excluding carboxylic acids is 2. The fourth-order valence-corrected chi connectivity index (χ4v) is 5.35. The summed E-state index contributed by atoms with van der Waals surface area (Å²) in [4.78, 5) is 44.6. The number of likely N-dealkylation sites (tertiary alicyclic amines) is 1. The van der Waals surface area contributed by atoms with E-state index in [9.17, 15) is 24.8 Å². The van der Waals surface area contributed by atoms with Crippen LogP contribution in [0.2, 0.25) is 0 Å². The number of nitrogens with one attached hydrogen (secondary N) is 3. The van der Waals surface area contributed by atoms with Crippen LogP contribution in [0, 0.1) is 10.1 Å². The third kappa shape index (κ3) is 5.63. The van der Waals surface area contributed by atoms with Crippen molar-refractivity contribution >= 4 is 46.0 Å². The molecule has 2 aliphatic rings. The number of carbonyl (C=O) groups is 2. The Bertz CT molecular complexity index is 1750. The molecule has 0 unspecified atom stereocenters. The van der Waals surface area contributed by atoms with Crippen molar-refractivity contribution in [1.29, 1.82) is 0 Å². The monoisotopic (exact) mass is 564 g/mol. The van der Waals surface area contributed by atoms with Gasteiger partial charge in [-0.2, -0.15) is 0 Å². The van der Waals surface area contributed by atoms with Crippen molar-refractivity contribution in [2.75, 3.05) is 13.1 Å². The van der Waals surface area contributed by atoms with E-state index in [2.05, 4.69) is 20.5 Å². The first kappa shape index (κ1) is 26.9. The molecule has 3 heterocycles. The van der Waals surface area contributed by atoms with Crippen molar-refractivity contribution in [1.82, 2.24) is 20.5 Å². The smallest absolute Gasteiger partial charge is 0.326 e. The molecular weight excluding hydrogens is 536 g/mol. The Hall–Kier alpha value is -5.29. The minimum Gasteiger partial charge on any atom is -0.494 e. The molecule has 3 aromatic carbocycles. The number of nitro benzene ring substituents is 1. The van der Waals surface area contributed by atoms with Gasteiger partial charge in [0, 0.05) is 35.1 Å². The lowest BCUT2D eigenvalue weighted by Crippen LogP contribution is -2.29. The predicted molar refractivity (Wildman–Crippen MR) is 159 cm³/mol. The number of urea groups is 1. The number of H-pyrrole nitrogens is 1. The maximum atomic E-state index is 11.9. The Morgan fingerprint density at radius 1 is 0.976 bits per heavy atom. The molecule has 4 aromatic rings. The lowest BCUT2D eigenvalue weighted by molar-refractivity contribution is -0.384. The number of nitrogens with zero attached hydrogens (tertiary/aromatic N) is 3. The van der Waals surface area contributed by atoms with Gasteiger partial charge in [0.1, 0.15) is 5.70 Å². The Balaban J connectivity index is 1.40. The second-order valence-electron chi connectivity index (χ2n) is 10.4. The van der Waals surface area contributed by atoms with E-state index in [1.165, 1.54) is 37.0 Å². The summed E-state index contributed by atoms with van der Waals surface area (Å²) in [5, 5.41) is 27.6. The number of fused-ring (bicyclic) bond motifs is 1. The van der Waals surface area contributed by atoms with E-state index in [1.54, 1.807) is 36.4 Å². The number of nitro groups is 1. The Morgan fingerprint density at radius 3 is 2.38 bits per heavy atom. The summed E-state index contributed by atoms with van der Waals surface area (Å²) in [6.07, 6.45) is 5.24. The van der Waals surface area contributed by atoms with Crippen LogP contribution in [0.25, 0.3) is 17.0 Å². The molecule has 2 saturated heterocycles. The largest absolute Gasteiger partial charge is 0.494 e. The molecule has 0 bridgehead atoms. The summed E-state index contributed by atoms with van der Waals surface area (Å²) >= 11 is 0. The van der Waals surface area contributed by atoms with Gasteiger partial charge in [-0.3, -0.25) is 25.1 Å². The number of hydrogen-bond donors (Lipinski definition) is 4. The van der Waals surface area contributed by atoms with Crippen LogP contribution < -0.4 is 10.6 Å². The molecule has 11 heteroatoms. The quantitative estimate of drug-likeness (QED) is 0.0804. The molecular formula is C31H28N6O5. The molecule has 11 nitrogen and oxygen atoms in total. The zero-order valence-electron chi connectivity index (χ0n) is 22.6. The van der Waals surface area contributed by atoms with Gasteiger partial charge in [0.2, 0.25) is 0 Å². The van der Waals surface area contributed by atoms with Crippen molar-refractivity contribution in [3.05, 3.63) is 105 Å². The maximum absolute atomic E-state index is 11.9. The summed E-state index contributed by atoms with van der Waals surface area (Å²) in [5.41, 5.74) is 4.52. The van der Waals surface area contributed by atoms with Crippen molar-refractivity contribution in [3.8, 4) is 5.88 Å². The van der Waals surface area contributed by atoms with Gasteiger partial charge in [-0.25, -0.2) is 9.79 Å². The molecule has 212 valence electrons. The molecule has 42 heavy (non-hydrogen) atoms. The molecule has 4 N–H and O–H groups in total. The summed E-state index contributed by atoms with van der Waals surface area (Å²) < 4.78 is 0. The van der Waals surface area contributed by atoms with E-state index in [-0.39, 0.29) is 17.3 Å². The van der Waals surface area contributed by atoms with Crippen molar-refractivity contribution < 1.29 is 19.6 Å². The highest BCUT2D eigenvalue weighted by Gasteiger charge is 2.23. The molecule has 0 radical (unpaired) electrons. The highest BCUT2D eigenvalue weighted by molar-refractivity contribution is 6.22. The maximum Gasteiger partial charge on any atom is 0.326 e. The summed E-state index contributed by atoms with van der Waals surface area (Å²) in [5.74, 6) is -0.650. The van der Waals surface area contributed by atoms with Crippen LogP contribution in [-0.4, -0.2) is 50.7 Å². The number of piperidine rings is 1. The standard InChI is InChI=1S/C31H28N6O5/c38-29-26(34-31(40)35-29)16-19-6-10-22(11-7-19)32-28(21-8-4-20(5-9-21)18-36-14-2-1-3-15-36)27-24-17-23(37(41)42)12-13-25(24)33-30(27)39/h4-13,16-17,33,39H,1-3,14-15,18H2,(H2,34,35,38,40). The molecule has 3 amide bonds. The van der Waals surface area contributed by atoms with Gasteiger partial charge in [0.05, 0.1) is 21.9 Å². The molecule has 2 aliphatic heterocycles. The van der Waals surface area contributed by atoms with Gasteiger partial charge >= 0.3 is 6.03 Å². The number of rotatable bonds is 7. The predicted octanol–water partition coefficient (Wildman–Crippen LogP) is 5.12. The number of aliphatic imine (C=N–C) groups is 1. The van der Waals surface area contributed by atoms with Crippen LogP contribution in [0.4, 0.5) is 16.2 Å².